The highest BCUT2D eigenvalue weighted by molar-refractivity contribution is 6.35. The first-order valence-electron chi connectivity index (χ1n) is 9.94. The Kier molecular flexibility index (Phi) is 5.84. The fourth-order valence-electron chi connectivity index (χ4n) is 3.63. The lowest BCUT2D eigenvalue weighted by Crippen LogP contribution is -2.35. The molecule has 10 heteroatoms. The molecular weight excluding hydrogens is 453 g/mol. The zero-order valence-electron chi connectivity index (χ0n) is 16.8. The highest BCUT2D eigenvalue weighted by Gasteiger charge is 2.45. The number of aromatic nitrogens is 5. The van der Waals surface area contributed by atoms with E-state index >= 15 is 0 Å². The van der Waals surface area contributed by atoms with Crippen molar-refractivity contribution >= 4 is 23.2 Å². The Balaban J connectivity index is 1.33. The second kappa shape index (κ2) is 8.91. The maximum Gasteiger partial charge on any atom is 0.217 e. The van der Waals surface area contributed by atoms with Gasteiger partial charge in [0.15, 0.2) is 0 Å². The van der Waals surface area contributed by atoms with E-state index in [1.165, 1.54) is 6.33 Å². The number of aromatic amines is 1. The molecular formula is C22H19Cl2N5O3. The van der Waals surface area contributed by atoms with Crippen LogP contribution in [0.3, 0.4) is 0 Å². The Bertz CT molecular complexity index is 1190. The minimum absolute atomic E-state index is 0.277. The number of nitrogens with one attached hydrogen (secondary N) is 1. The predicted octanol–water partition coefficient (Wildman–Crippen LogP) is 4.32. The van der Waals surface area contributed by atoms with Gasteiger partial charge in [0, 0.05) is 28.5 Å². The molecule has 2 atom stereocenters. The van der Waals surface area contributed by atoms with Crippen LogP contribution in [0, 0.1) is 0 Å². The summed E-state index contributed by atoms with van der Waals surface area (Å²) in [6.45, 7) is 0.899. The predicted molar refractivity (Wildman–Crippen MR) is 119 cm³/mol. The summed E-state index contributed by atoms with van der Waals surface area (Å²) >= 11 is 12.6. The molecule has 3 heterocycles. The van der Waals surface area contributed by atoms with Crippen LogP contribution in [0.4, 0.5) is 0 Å². The Labute approximate surface area is 194 Å². The van der Waals surface area contributed by atoms with Crippen molar-refractivity contribution in [1.82, 2.24) is 24.7 Å². The summed E-state index contributed by atoms with van der Waals surface area (Å²) < 4.78 is 20.2. The van der Waals surface area contributed by atoms with Crippen LogP contribution in [0.1, 0.15) is 5.56 Å². The van der Waals surface area contributed by atoms with Gasteiger partial charge in [0.25, 0.3) is 0 Å². The molecule has 4 aromatic rings. The van der Waals surface area contributed by atoms with E-state index in [-0.39, 0.29) is 12.6 Å². The van der Waals surface area contributed by atoms with Crippen LogP contribution in [0.5, 0.6) is 5.75 Å². The standard InChI is InChI=1S/C22H19Cl2N5O3/c23-16-4-5-19(20(24)9-16)22(12-29-14-25-13-28-29)31-11-18(32-22)10-30-17-3-1-2-15(8-17)21-26-6-7-27-21/h1-9,13-14,18H,10-12H2,(H,26,27). The molecule has 0 amide bonds. The molecule has 0 aliphatic carbocycles. The van der Waals surface area contributed by atoms with Gasteiger partial charge in [-0.25, -0.2) is 14.6 Å². The lowest BCUT2D eigenvalue weighted by atomic mass is 10.1. The van der Waals surface area contributed by atoms with E-state index in [0.29, 0.717) is 34.6 Å². The summed E-state index contributed by atoms with van der Waals surface area (Å²) in [7, 11) is 0. The van der Waals surface area contributed by atoms with E-state index in [1.54, 1.807) is 41.6 Å². The number of rotatable bonds is 7. The molecule has 0 spiro atoms. The average molecular weight is 472 g/mol. The summed E-state index contributed by atoms with van der Waals surface area (Å²) in [5.41, 5.74) is 1.60. The quantitative estimate of drug-likeness (QED) is 0.431. The van der Waals surface area contributed by atoms with Crippen molar-refractivity contribution in [1.29, 1.82) is 0 Å². The van der Waals surface area contributed by atoms with Gasteiger partial charge in [-0.15, -0.1) is 0 Å². The summed E-state index contributed by atoms with van der Waals surface area (Å²) in [5, 5.41) is 5.17. The first-order valence-corrected chi connectivity index (χ1v) is 10.7. The highest BCUT2D eigenvalue weighted by atomic mass is 35.5. The molecule has 1 fully saturated rings. The SMILES string of the molecule is Clc1ccc(C2(Cn3cncn3)OCC(COc3cccc(-c4ncc[nH]4)c3)O2)c(Cl)c1. The fraction of sp³-hybridized carbons (Fsp3) is 0.227. The molecule has 2 aromatic heterocycles. The van der Waals surface area contributed by atoms with Gasteiger partial charge in [-0.1, -0.05) is 41.4 Å². The first kappa shape index (κ1) is 21.0. The third kappa shape index (κ3) is 4.35. The lowest BCUT2D eigenvalue weighted by molar-refractivity contribution is -0.190. The normalized spacial score (nSPS) is 20.5. The number of hydrogen-bond acceptors (Lipinski definition) is 6. The van der Waals surface area contributed by atoms with Gasteiger partial charge in [0.2, 0.25) is 5.79 Å². The summed E-state index contributed by atoms with van der Waals surface area (Å²) in [5.74, 6) is 0.348. The van der Waals surface area contributed by atoms with Crippen molar-refractivity contribution in [2.45, 2.75) is 18.4 Å². The van der Waals surface area contributed by atoms with Crippen molar-refractivity contribution in [3.8, 4) is 17.1 Å². The molecule has 32 heavy (non-hydrogen) atoms. The van der Waals surface area contributed by atoms with E-state index in [1.807, 2.05) is 24.3 Å². The van der Waals surface area contributed by atoms with Crippen LogP contribution in [0.15, 0.2) is 67.5 Å². The number of ether oxygens (including phenoxy) is 3. The number of benzene rings is 2. The molecule has 0 radical (unpaired) electrons. The molecule has 2 unspecified atom stereocenters. The van der Waals surface area contributed by atoms with Gasteiger partial charge in [0.05, 0.1) is 11.6 Å². The minimum atomic E-state index is -1.14. The zero-order chi connectivity index (χ0) is 22.0. The van der Waals surface area contributed by atoms with E-state index in [2.05, 4.69) is 20.1 Å². The van der Waals surface area contributed by atoms with Gasteiger partial charge in [0.1, 0.15) is 43.5 Å². The van der Waals surface area contributed by atoms with Crippen molar-refractivity contribution in [2.75, 3.05) is 13.2 Å². The van der Waals surface area contributed by atoms with Crippen LogP contribution in [-0.4, -0.2) is 44.1 Å². The number of H-pyrrole nitrogens is 1. The van der Waals surface area contributed by atoms with Crippen LogP contribution < -0.4 is 4.74 Å². The molecule has 0 saturated carbocycles. The van der Waals surface area contributed by atoms with Crippen molar-refractivity contribution in [2.24, 2.45) is 0 Å². The Morgan fingerprint density at radius 3 is 2.94 bits per heavy atom. The second-order valence-corrected chi connectivity index (χ2v) is 8.14. The number of hydrogen-bond donors (Lipinski definition) is 1. The average Bonchev–Trinajstić information content (AvgIpc) is 3.56. The van der Waals surface area contributed by atoms with Crippen LogP contribution in [0.25, 0.3) is 11.4 Å². The van der Waals surface area contributed by atoms with Gasteiger partial charge in [-0.05, 0) is 24.3 Å². The molecule has 1 aliphatic heterocycles. The van der Waals surface area contributed by atoms with Gasteiger partial charge < -0.3 is 19.2 Å². The highest BCUT2D eigenvalue weighted by Crippen LogP contribution is 2.40. The summed E-state index contributed by atoms with van der Waals surface area (Å²) in [6.07, 6.45) is 6.23. The zero-order valence-corrected chi connectivity index (χ0v) is 18.3. The third-order valence-electron chi connectivity index (χ3n) is 5.08. The third-order valence-corrected chi connectivity index (χ3v) is 5.63. The topological polar surface area (TPSA) is 87.1 Å². The Hall–Kier alpha value is -2.91. The molecule has 164 valence electrons. The molecule has 1 aliphatic rings. The number of halogens is 2. The Morgan fingerprint density at radius 2 is 2.16 bits per heavy atom. The fourth-order valence-corrected chi connectivity index (χ4v) is 4.18. The largest absolute Gasteiger partial charge is 0.491 e. The monoisotopic (exact) mass is 471 g/mol. The van der Waals surface area contributed by atoms with Crippen LogP contribution >= 0.6 is 23.2 Å². The maximum atomic E-state index is 6.50. The van der Waals surface area contributed by atoms with E-state index < -0.39 is 5.79 Å². The lowest BCUT2D eigenvalue weighted by Gasteiger charge is -2.29. The smallest absolute Gasteiger partial charge is 0.217 e. The summed E-state index contributed by atoms with van der Waals surface area (Å²) in [4.78, 5) is 11.4. The van der Waals surface area contributed by atoms with Crippen molar-refractivity contribution < 1.29 is 14.2 Å². The molecule has 2 aromatic carbocycles. The number of imidazole rings is 1. The van der Waals surface area contributed by atoms with Gasteiger partial charge in [-0.3, -0.25) is 0 Å². The maximum absolute atomic E-state index is 6.50. The van der Waals surface area contributed by atoms with Crippen LogP contribution in [0.2, 0.25) is 10.0 Å². The Morgan fingerprint density at radius 1 is 1.22 bits per heavy atom. The molecule has 1 saturated heterocycles. The van der Waals surface area contributed by atoms with Crippen molar-refractivity contribution in [3.63, 3.8) is 0 Å². The molecule has 1 N–H and O–H groups in total. The van der Waals surface area contributed by atoms with Crippen molar-refractivity contribution in [3.05, 3.63) is 83.1 Å². The minimum Gasteiger partial charge on any atom is -0.491 e. The second-order valence-electron chi connectivity index (χ2n) is 7.30. The van der Waals surface area contributed by atoms with Crippen LogP contribution in [-0.2, 0) is 21.8 Å². The van der Waals surface area contributed by atoms with Gasteiger partial charge in [-0.2, -0.15) is 5.10 Å². The van der Waals surface area contributed by atoms with Gasteiger partial charge >= 0.3 is 0 Å². The number of nitrogens with zero attached hydrogens (tertiary/aromatic N) is 4. The molecule has 5 rings (SSSR count). The van der Waals surface area contributed by atoms with E-state index in [0.717, 1.165) is 11.4 Å². The van der Waals surface area contributed by atoms with E-state index in [9.17, 15) is 0 Å². The molecule has 8 nitrogen and oxygen atoms in total. The molecule has 0 bridgehead atoms. The van der Waals surface area contributed by atoms with E-state index in [4.69, 9.17) is 37.4 Å². The first-order chi connectivity index (χ1) is 15.6. The summed E-state index contributed by atoms with van der Waals surface area (Å²) in [6, 6.07) is 12.9.